The zero-order valence-electron chi connectivity index (χ0n) is 36.8. The molecule has 0 fully saturated rings. The van der Waals surface area contributed by atoms with Gasteiger partial charge in [-0.15, -0.1) is 0 Å². The van der Waals surface area contributed by atoms with Crippen LogP contribution in [0.3, 0.4) is 0 Å². The first kappa shape index (κ1) is 38.2. The Morgan fingerprint density at radius 1 is 0.353 bits per heavy atom. The Bertz CT molecular complexity index is 4120. The number of benzene rings is 11. The second-order valence-corrected chi connectivity index (χ2v) is 17.6. The van der Waals surface area contributed by atoms with Crippen molar-refractivity contribution in [3.63, 3.8) is 0 Å². The van der Waals surface area contributed by atoms with Crippen LogP contribution in [-0.4, -0.2) is 4.57 Å². The topological polar surface area (TPSA) is 30.5 Å². The van der Waals surface area contributed by atoms with Gasteiger partial charge < -0.3 is 18.6 Å². The lowest BCUT2D eigenvalue weighted by Crippen LogP contribution is -2.11. The maximum absolute atomic E-state index is 6.49. The second kappa shape index (κ2) is 15.2. The van der Waals surface area contributed by atoms with E-state index in [9.17, 15) is 0 Å². The summed E-state index contributed by atoms with van der Waals surface area (Å²) in [5, 5.41) is 7.09. The van der Waals surface area contributed by atoms with Gasteiger partial charge in [0.2, 0.25) is 0 Å². The van der Waals surface area contributed by atoms with E-state index >= 15 is 0 Å². The van der Waals surface area contributed by atoms with Gasteiger partial charge in [0.05, 0.1) is 22.4 Å². The number of hydrogen-bond acceptors (Lipinski definition) is 3. The SMILES string of the molecule is c1cc(-c2ccc(N(c3ccc(-c4cccc5c4oc4ccccc45)cc3)c3ccccc3-c3ccc4c(c3)c3cccc5c3n4-c3ccccc3O5)cc2)cc(-c2cccc3ccccc23)c1. The number of hydrogen-bond donors (Lipinski definition) is 0. The summed E-state index contributed by atoms with van der Waals surface area (Å²) < 4.78 is 15.3. The average Bonchev–Trinajstić information content (AvgIpc) is 3.96. The summed E-state index contributed by atoms with van der Waals surface area (Å²) in [6, 6.07) is 87.0. The molecule has 1 aliphatic rings. The van der Waals surface area contributed by atoms with Gasteiger partial charge in [0.15, 0.2) is 11.5 Å². The highest BCUT2D eigenvalue weighted by Crippen LogP contribution is 2.48. The summed E-state index contributed by atoms with van der Waals surface area (Å²) in [4.78, 5) is 2.39. The lowest BCUT2D eigenvalue weighted by Gasteiger charge is -2.28. The van der Waals surface area contributed by atoms with Crippen molar-refractivity contribution in [2.24, 2.45) is 0 Å². The van der Waals surface area contributed by atoms with Gasteiger partial charge in [-0.3, -0.25) is 0 Å². The molecule has 4 heteroatoms. The van der Waals surface area contributed by atoms with Gasteiger partial charge in [-0.25, -0.2) is 0 Å². The van der Waals surface area contributed by atoms with E-state index < -0.39 is 0 Å². The number of rotatable bonds is 7. The Balaban J connectivity index is 0.903. The highest BCUT2D eigenvalue weighted by molar-refractivity contribution is 6.14. The molecule has 0 atom stereocenters. The number of para-hydroxylation sites is 6. The fraction of sp³-hybridized carbons (Fsp3) is 0. The molecular formula is C64H40N2O2. The Labute approximate surface area is 392 Å². The molecule has 4 nitrogen and oxygen atoms in total. The Kier molecular flexibility index (Phi) is 8.55. The van der Waals surface area contributed by atoms with Crippen molar-refractivity contribution in [3.8, 4) is 61.7 Å². The van der Waals surface area contributed by atoms with Crippen molar-refractivity contribution in [1.82, 2.24) is 4.57 Å². The zero-order valence-corrected chi connectivity index (χ0v) is 36.8. The summed E-state index contributed by atoms with van der Waals surface area (Å²) in [5.74, 6) is 1.73. The van der Waals surface area contributed by atoms with E-state index in [0.29, 0.717) is 0 Å². The van der Waals surface area contributed by atoms with Crippen LogP contribution in [-0.2, 0) is 0 Å². The molecule has 0 unspecified atom stereocenters. The number of nitrogens with zero attached hydrogens (tertiary/aromatic N) is 2. The van der Waals surface area contributed by atoms with Gasteiger partial charge in [-0.05, 0) is 117 Å². The molecule has 0 amide bonds. The van der Waals surface area contributed by atoms with Crippen molar-refractivity contribution >= 4 is 71.6 Å². The third-order valence-electron chi connectivity index (χ3n) is 13.8. The third kappa shape index (κ3) is 6.01. The van der Waals surface area contributed by atoms with Crippen molar-refractivity contribution in [1.29, 1.82) is 0 Å². The predicted molar refractivity (Wildman–Crippen MR) is 282 cm³/mol. The van der Waals surface area contributed by atoms with E-state index in [-0.39, 0.29) is 0 Å². The van der Waals surface area contributed by atoms with Crippen LogP contribution in [0.5, 0.6) is 11.5 Å². The maximum atomic E-state index is 6.49. The minimum atomic E-state index is 0.860. The predicted octanol–water partition coefficient (Wildman–Crippen LogP) is 18.1. The monoisotopic (exact) mass is 868 g/mol. The first-order chi connectivity index (χ1) is 33.7. The van der Waals surface area contributed by atoms with Crippen LogP contribution in [0, 0.1) is 0 Å². The fourth-order valence-electron chi connectivity index (χ4n) is 10.6. The number of anilines is 3. The highest BCUT2D eigenvalue weighted by Gasteiger charge is 2.25. The molecule has 0 saturated heterocycles. The molecule has 318 valence electrons. The molecular weight excluding hydrogens is 829 g/mol. The summed E-state index contributed by atoms with van der Waals surface area (Å²) >= 11 is 0. The van der Waals surface area contributed by atoms with Crippen molar-refractivity contribution in [2.75, 3.05) is 4.90 Å². The number of ether oxygens (including phenoxy) is 1. The van der Waals surface area contributed by atoms with Crippen molar-refractivity contribution in [3.05, 3.63) is 243 Å². The Morgan fingerprint density at radius 3 is 1.85 bits per heavy atom. The summed E-state index contributed by atoms with van der Waals surface area (Å²) in [5.41, 5.74) is 17.5. The van der Waals surface area contributed by atoms with E-state index in [1.54, 1.807) is 0 Å². The molecule has 3 heterocycles. The fourth-order valence-corrected chi connectivity index (χ4v) is 10.6. The molecule has 0 N–H and O–H groups in total. The molecule has 13 aromatic rings. The van der Waals surface area contributed by atoms with Gasteiger partial charge >= 0.3 is 0 Å². The van der Waals surface area contributed by atoms with Gasteiger partial charge in [-0.1, -0.05) is 170 Å². The molecule has 14 rings (SSSR count). The highest BCUT2D eigenvalue weighted by atomic mass is 16.5. The van der Waals surface area contributed by atoms with E-state index in [2.05, 4.69) is 228 Å². The molecule has 0 spiro atoms. The van der Waals surface area contributed by atoms with E-state index in [0.717, 1.165) is 95.0 Å². The second-order valence-electron chi connectivity index (χ2n) is 17.6. The maximum Gasteiger partial charge on any atom is 0.152 e. The molecule has 0 radical (unpaired) electrons. The largest absolute Gasteiger partial charge is 0.455 e. The number of furan rings is 1. The van der Waals surface area contributed by atoms with Crippen LogP contribution < -0.4 is 9.64 Å². The first-order valence-corrected chi connectivity index (χ1v) is 23.2. The van der Waals surface area contributed by atoms with Gasteiger partial charge in [0.1, 0.15) is 11.2 Å². The van der Waals surface area contributed by atoms with Crippen LogP contribution in [0.15, 0.2) is 247 Å². The van der Waals surface area contributed by atoms with Crippen LogP contribution in [0.1, 0.15) is 0 Å². The average molecular weight is 869 g/mol. The lowest BCUT2D eigenvalue weighted by molar-refractivity contribution is 0.476. The molecule has 11 aromatic carbocycles. The summed E-state index contributed by atoms with van der Waals surface area (Å²) in [6.07, 6.45) is 0. The van der Waals surface area contributed by atoms with E-state index in [1.165, 1.54) is 38.2 Å². The molecule has 68 heavy (non-hydrogen) atoms. The van der Waals surface area contributed by atoms with E-state index in [4.69, 9.17) is 9.15 Å². The number of aromatic nitrogens is 1. The third-order valence-corrected chi connectivity index (χ3v) is 13.8. The summed E-state index contributed by atoms with van der Waals surface area (Å²) in [6.45, 7) is 0. The van der Waals surface area contributed by atoms with Crippen molar-refractivity contribution < 1.29 is 9.15 Å². The van der Waals surface area contributed by atoms with E-state index in [1.807, 2.05) is 24.3 Å². The Hall–Kier alpha value is -9.12. The first-order valence-electron chi connectivity index (χ1n) is 23.2. The zero-order chi connectivity index (χ0) is 44.7. The van der Waals surface area contributed by atoms with Crippen LogP contribution in [0.2, 0.25) is 0 Å². The van der Waals surface area contributed by atoms with Gasteiger partial charge in [0, 0.05) is 44.0 Å². The standard InChI is InChI=1S/C64H40N2O2/c1-2-17-49-42(13-1)14-10-20-50(49)45-16-9-15-44(39-45)41-29-34-47(35-30-41)65(48-36-31-43(32-37-48)52-21-11-23-55-53-19-4-7-26-60(53)68-64(52)55)57-24-5-3-18-51(57)46-33-38-58-56(40-46)54-22-12-28-62-63(54)66(58)59-25-6-8-27-61(59)67-62/h1-40H. The smallest absolute Gasteiger partial charge is 0.152 e. The van der Waals surface area contributed by atoms with Crippen molar-refractivity contribution in [2.45, 2.75) is 0 Å². The van der Waals surface area contributed by atoms with Gasteiger partial charge in [0.25, 0.3) is 0 Å². The molecule has 2 aromatic heterocycles. The molecule has 1 aliphatic heterocycles. The van der Waals surface area contributed by atoms with Gasteiger partial charge in [-0.2, -0.15) is 0 Å². The normalized spacial score (nSPS) is 11.9. The minimum Gasteiger partial charge on any atom is -0.455 e. The van der Waals surface area contributed by atoms with Crippen LogP contribution in [0.25, 0.3) is 105 Å². The minimum absolute atomic E-state index is 0.860. The van der Waals surface area contributed by atoms with Crippen LogP contribution in [0.4, 0.5) is 17.1 Å². The molecule has 0 bridgehead atoms. The molecule has 0 aliphatic carbocycles. The number of fused-ring (bicyclic) bond motifs is 9. The quantitative estimate of drug-likeness (QED) is 0.160. The summed E-state index contributed by atoms with van der Waals surface area (Å²) in [7, 11) is 0. The molecule has 0 saturated carbocycles. The Morgan fingerprint density at radius 2 is 0.956 bits per heavy atom. The van der Waals surface area contributed by atoms with Crippen LogP contribution >= 0.6 is 0 Å². The lowest BCUT2D eigenvalue weighted by atomic mass is 9.95.